The number of benzene rings is 3. The average Bonchev–Trinajstić information content (AvgIpc) is 2.88. The number of hydrogen-bond acceptors (Lipinski definition) is 5. The molecule has 0 radical (unpaired) electrons. The Morgan fingerprint density at radius 1 is 0.895 bits per heavy atom. The molecular formula is C26H21ClF3N3O5. The van der Waals surface area contributed by atoms with Crippen LogP contribution >= 0.6 is 11.6 Å². The molecule has 3 aromatic rings. The van der Waals surface area contributed by atoms with E-state index in [2.05, 4.69) is 15.4 Å². The lowest BCUT2D eigenvalue weighted by atomic mass is 10.0. The second kappa shape index (κ2) is 12.2. The van der Waals surface area contributed by atoms with Crippen molar-refractivity contribution < 1.29 is 37.1 Å². The molecule has 12 heteroatoms. The maximum absolute atomic E-state index is 13.3. The summed E-state index contributed by atoms with van der Waals surface area (Å²) in [4.78, 5) is 49.8. The topological polar surface area (TPSA) is 114 Å². The first kappa shape index (κ1) is 28.2. The Morgan fingerprint density at radius 3 is 2.16 bits per heavy atom. The monoisotopic (exact) mass is 547 g/mol. The van der Waals surface area contributed by atoms with Crippen LogP contribution in [0.1, 0.15) is 21.5 Å². The Balaban J connectivity index is 1.78. The highest BCUT2D eigenvalue weighted by Crippen LogP contribution is 2.36. The highest BCUT2D eigenvalue weighted by molar-refractivity contribution is 6.40. The van der Waals surface area contributed by atoms with Crippen LogP contribution in [0, 0.1) is 0 Å². The van der Waals surface area contributed by atoms with Gasteiger partial charge in [0, 0.05) is 17.1 Å². The number of rotatable bonds is 7. The first-order valence-corrected chi connectivity index (χ1v) is 11.4. The van der Waals surface area contributed by atoms with Crippen molar-refractivity contribution >= 4 is 46.7 Å². The average molecular weight is 548 g/mol. The summed E-state index contributed by atoms with van der Waals surface area (Å²) in [6.45, 7) is 0. The first-order chi connectivity index (χ1) is 18.0. The Morgan fingerprint density at radius 2 is 1.55 bits per heavy atom. The third-order valence-electron chi connectivity index (χ3n) is 5.22. The van der Waals surface area contributed by atoms with Gasteiger partial charge >= 0.3 is 24.0 Å². The molecule has 0 aliphatic heterocycles. The van der Waals surface area contributed by atoms with Crippen molar-refractivity contribution in [1.29, 1.82) is 0 Å². The fourth-order valence-electron chi connectivity index (χ4n) is 3.37. The molecule has 0 saturated heterocycles. The lowest BCUT2D eigenvalue weighted by Crippen LogP contribution is -2.49. The predicted molar refractivity (Wildman–Crippen MR) is 134 cm³/mol. The Labute approximate surface area is 220 Å². The minimum Gasteiger partial charge on any atom is -0.465 e. The number of carbonyl (C=O) groups excluding carboxylic acids is 4. The van der Waals surface area contributed by atoms with Crippen molar-refractivity contribution in [3.05, 3.63) is 94.5 Å². The molecule has 3 amide bonds. The van der Waals surface area contributed by atoms with Gasteiger partial charge in [-0.1, -0.05) is 41.9 Å². The lowest BCUT2D eigenvalue weighted by Gasteiger charge is -2.19. The minimum absolute atomic E-state index is 0.0308. The summed E-state index contributed by atoms with van der Waals surface area (Å²) in [5.41, 5.74) is -0.732. The zero-order valence-corrected chi connectivity index (χ0v) is 20.5. The fourth-order valence-corrected chi connectivity index (χ4v) is 3.54. The second-order valence-electron chi connectivity index (χ2n) is 7.92. The van der Waals surface area contributed by atoms with Gasteiger partial charge in [0.1, 0.15) is 6.04 Å². The van der Waals surface area contributed by atoms with Crippen LogP contribution in [0.15, 0.2) is 72.8 Å². The number of amides is 3. The van der Waals surface area contributed by atoms with Crippen LogP contribution in [-0.4, -0.2) is 36.8 Å². The zero-order valence-electron chi connectivity index (χ0n) is 19.8. The number of hydrogen-bond donors (Lipinski definition) is 3. The second-order valence-corrected chi connectivity index (χ2v) is 8.35. The maximum Gasteiger partial charge on any atom is 0.418 e. The number of methoxy groups -OCH3 is 1. The van der Waals surface area contributed by atoms with E-state index in [9.17, 15) is 32.3 Å². The molecule has 0 spiro atoms. The molecule has 0 heterocycles. The van der Waals surface area contributed by atoms with Crippen LogP contribution in [-0.2, 0) is 31.7 Å². The number of alkyl halides is 3. The molecule has 8 nitrogen and oxygen atoms in total. The van der Waals surface area contributed by atoms with Crippen molar-refractivity contribution in [2.75, 3.05) is 17.7 Å². The summed E-state index contributed by atoms with van der Waals surface area (Å²) in [6.07, 6.45) is -4.85. The molecule has 3 aromatic carbocycles. The molecule has 3 N–H and O–H groups in total. The Kier molecular flexibility index (Phi) is 9.08. The van der Waals surface area contributed by atoms with E-state index in [4.69, 9.17) is 11.6 Å². The molecule has 38 heavy (non-hydrogen) atoms. The molecular weight excluding hydrogens is 527 g/mol. The van der Waals surface area contributed by atoms with E-state index in [0.717, 1.165) is 12.1 Å². The Hall–Kier alpha value is -4.38. The molecule has 0 fully saturated rings. The Bertz CT molecular complexity index is 1330. The highest BCUT2D eigenvalue weighted by Gasteiger charge is 2.35. The summed E-state index contributed by atoms with van der Waals surface area (Å²) in [5.74, 6) is -4.04. The first-order valence-electron chi connectivity index (χ1n) is 11.0. The van der Waals surface area contributed by atoms with E-state index in [-0.39, 0.29) is 22.7 Å². The number of nitrogens with one attached hydrogen (secondary N) is 3. The minimum atomic E-state index is -4.82. The molecule has 198 valence electrons. The van der Waals surface area contributed by atoms with E-state index in [0.29, 0.717) is 11.6 Å². The van der Waals surface area contributed by atoms with Crippen LogP contribution in [0.2, 0.25) is 5.02 Å². The summed E-state index contributed by atoms with van der Waals surface area (Å²) >= 11 is 5.76. The van der Waals surface area contributed by atoms with E-state index in [1.165, 1.54) is 31.4 Å². The lowest BCUT2D eigenvalue weighted by molar-refractivity contribution is -0.138. The summed E-state index contributed by atoms with van der Waals surface area (Å²) in [5, 5.41) is 6.66. The van der Waals surface area contributed by atoms with Gasteiger partial charge in [-0.25, -0.2) is 4.79 Å². The van der Waals surface area contributed by atoms with Gasteiger partial charge in [0.05, 0.1) is 23.9 Å². The van der Waals surface area contributed by atoms with E-state index < -0.39 is 47.2 Å². The third-order valence-corrected chi connectivity index (χ3v) is 5.45. The highest BCUT2D eigenvalue weighted by atomic mass is 35.5. The van der Waals surface area contributed by atoms with Gasteiger partial charge in [-0.15, -0.1) is 0 Å². The maximum atomic E-state index is 13.3. The fraction of sp³-hybridized carbons (Fsp3) is 0.154. The third kappa shape index (κ3) is 7.56. The number of ether oxygens (including phenoxy) is 1. The molecule has 0 bridgehead atoms. The molecule has 1 atom stereocenters. The van der Waals surface area contributed by atoms with E-state index in [1.807, 2.05) is 5.32 Å². The molecule has 3 rings (SSSR count). The number of carbonyl (C=O) groups is 4. The van der Waals surface area contributed by atoms with Gasteiger partial charge in [0.2, 0.25) is 5.91 Å². The zero-order chi connectivity index (χ0) is 27.9. The van der Waals surface area contributed by atoms with Gasteiger partial charge in [0.25, 0.3) is 0 Å². The number of halogens is 4. The van der Waals surface area contributed by atoms with Crippen LogP contribution < -0.4 is 16.0 Å². The van der Waals surface area contributed by atoms with Crippen molar-refractivity contribution in [2.45, 2.75) is 18.6 Å². The van der Waals surface area contributed by atoms with Gasteiger partial charge in [0.15, 0.2) is 0 Å². The SMILES string of the molecule is COC(=O)c1ccc(NC(=O)[C@H](Cc2ccccc2)NC(=O)C(=O)Nc2cc(Cl)ccc2C(F)(F)F)cc1. The normalized spacial score (nSPS) is 11.7. The van der Waals surface area contributed by atoms with Gasteiger partial charge in [-0.2, -0.15) is 13.2 Å². The van der Waals surface area contributed by atoms with Gasteiger partial charge < -0.3 is 20.7 Å². The molecule has 0 aromatic heterocycles. The van der Waals surface area contributed by atoms with Gasteiger partial charge in [-0.05, 0) is 48.0 Å². The van der Waals surface area contributed by atoms with Crippen LogP contribution in [0.3, 0.4) is 0 Å². The molecule has 0 unspecified atom stereocenters. The summed E-state index contributed by atoms with van der Waals surface area (Å²) in [7, 11) is 1.22. The van der Waals surface area contributed by atoms with Crippen molar-refractivity contribution in [3.8, 4) is 0 Å². The summed E-state index contributed by atoms with van der Waals surface area (Å²) < 4.78 is 44.6. The molecule has 0 aliphatic carbocycles. The number of anilines is 2. The molecule has 0 saturated carbocycles. The van der Waals surface area contributed by atoms with Crippen molar-refractivity contribution in [3.63, 3.8) is 0 Å². The van der Waals surface area contributed by atoms with Crippen LogP contribution in [0.4, 0.5) is 24.5 Å². The quantitative estimate of drug-likeness (QED) is 0.299. The smallest absolute Gasteiger partial charge is 0.418 e. The largest absolute Gasteiger partial charge is 0.465 e. The van der Waals surface area contributed by atoms with Crippen LogP contribution in [0.5, 0.6) is 0 Å². The van der Waals surface area contributed by atoms with E-state index >= 15 is 0 Å². The van der Waals surface area contributed by atoms with Gasteiger partial charge in [-0.3, -0.25) is 14.4 Å². The molecule has 0 aliphatic rings. The number of esters is 1. The summed E-state index contributed by atoms with van der Waals surface area (Å²) in [6, 6.07) is 15.5. The predicted octanol–water partition coefficient (Wildman–Crippen LogP) is 4.45. The van der Waals surface area contributed by atoms with Crippen molar-refractivity contribution in [2.24, 2.45) is 0 Å². The van der Waals surface area contributed by atoms with Crippen LogP contribution in [0.25, 0.3) is 0 Å². The van der Waals surface area contributed by atoms with Crippen molar-refractivity contribution in [1.82, 2.24) is 5.32 Å². The standard InChI is InChI=1S/C26H21ClF3N3O5/c1-38-25(37)16-7-10-18(11-8-16)31-22(34)21(13-15-5-3-2-4-6-15)33-24(36)23(35)32-20-14-17(27)9-12-19(20)26(28,29)30/h2-12,14,21H,13H2,1H3,(H,31,34)(H,32,35)(H,33,36)/t21-/m0/s1. The van der Waals surface area contributed by atoms with E-state index in [1.54, 1.807) is 30.3 Å².